The summed E-state index contributed by atoms with van der Waals surface area (Å²) in [6, 6.07) is 2.38. The van der Waals surface area contributed by atoms with Crippen molar-refractivity contribution in [3.05, 3.63) is 46.7 Å². The summed E-state index contributed by atoms with van der Waals surface area (Å²) in [4.78, 5) is 31.0. The predicted octanol–water partition coefficient (Wildman–Crippen LogP) is 4.28. The van der Waals surface area contributed by atoms with Crippen LogP contribution in [0.25, 0.3) is 11.4 Å². The van der Waals surface area contributed by atoms with Crippen molar-refractivity contribution in [3.63, 3.8) is 0 Å². The first-order chi connectivity index (χ1) is 12.6. The molecule has 2 rings (SSSR count). The number of carbonyl (C=O) groups is 3. The Morgan fingerprint density at radius 2 is 1.18 bits per heavy atom. The molecule has 2 aromatic heterocycles. The number of pyridine rings is 2. The monoisotopic (exact) mass is 603 g/mol. The second-order valence-electron chi connectivity index (χ2n) is 3.98. The standard InChI is InChI=1S/C12H5ClF6N2.3CH2O.Re/c13-8-3-7(12(17,18)19)5-21-10(8)9-2-1-6(4-20-9)11(14,15)16;3*1-2;/h1-5H;3*1H2;. The van der Waals surface area contributed by atoms with Gasteiger partial charge >= 0.3 is 12.4 Å². The molecule has 2 aromatic rings. The van der Waals surface area contributed by atoms with Crippen LogP contribution in [0.4, 0.5) is 26.3 Å². The molecule has 13 heteroatoms. The molecule has 5 nitrogen and oxygen atoms in total. The first-order valence-electron chi connectivity index (χ1n) is 6.22. The quantitative estimate of drug-likeness (QED) is 0.456. The Labute approximate surface area is 173 Å². The van der Waals surface area contributed by atoms with E-state index >= 15 is 0 Å². The summed E-state index contributed by atoms with van der Waals surface area (Å²) < 4.78 is 74.5. The van der Waals surface area contributed by atoms with Crippen molar-refractivity contribution >= 4 is 32.0 Å². The molecule has 28 heavy (non-hydrogen) atoms. The van der Waals surface area contributed by atoms with Crippen LogP contribution < -0.4 is 0 Å². The average molecular weight is 603 g/mol. The van der Waals surface area contributed by atoms with Crippen LogP contribution in [-0.2, 0) is 47.2 Å². The van der Waals surface area contributed by atoms with Gasteiger partial charge in [0.1, 0.15) is 26.1 Å². The molecule has 1 radical (unpaired) electrons. The Morgan fingerprint density at radius 3 is 1.50 bits per heavy atom. The summed E-state index contributed by atoms with van der Waals surface area (Å²) in [5.41, 5.74) is -2.21. The fraction of sp³-hybridized carbons (Fsp3) is 0.133. The molecule has 2 heterocycles. The molecule has 0 saturated carbocycles. The number of hydrogen-bond donors (Lipinski definition) is 0. The van der Waals surface area contributed by atoms with Crippen LogP contribution in [0.2, 0.25) is 5.02 Å². The van der Waals surface area contributed by atoms with Gasteiger partial charge in [0.15, 0.2) is 0 Å². The fourth-order valence-electron chi connectivity index (χ4n) is 1.48. The number of carbonyl (C=O) groups excluding carboxylic acids is 3. The molecule has 0 fully saturated rings. The van der Waals surface area contributed by atoms with E-state index in [0.29, 0.717) is 18.5 Å². The predicted molar refractivity (Wildman–Crippen MR) is 83.8 cm³/mol. The number of aromatic nitrogens is 2. The van der Waals surface area contributed by atoms with Crippen LogP contribution in [0.1, 0.15) is 11.1 Å². The molecule has 155 valence electrons. The van der Waals surface area contributed by atoms with Gasteiger partial charge in [-0.25, -0.2) is 0 Å². The molecule has 0 bridgehead atoms. The molecular weight excluding hydrogens is 592 g/mol. The van der Waals surface area contributed by atoms with Gasteiger partial charge in [-0.2, -0.15) is 26.3 Å². The number of hydrogen-bond acceptors (Lipinski definition) is 5. The van der Waals surface area contributed by atoms with Gasteiger partial charge < -0.3 is 14.4 Å². The minimum Gasteiger partial charge on any atom is -0.307 e. The van der Waals surface area contributed by atoms with Gasteiger partial charge in [0.2, 0.25) is 0 Å². The zero-order valence-electron chi connectivity index (χ0n) is 13.7. The third-order valence-electron chi connectivity index (χ3n) is 2.50. The second-order valence-corrected chi connectivity index (χ2v) is 4.39. The topological polar surface area (TPSA) is 77.0 Å². The van der Waals surface area contributed by atoms with Crippen LogP contribution in [0, 0.1) is 0 Å². The molecule has 0 aliphatic heterocycles. The van der Waals surface area contributed by atoms with Crippen LogP contribution in [0.3, 0.4) is 0 Å². The zero-order chi connectivity index (χ0) is 21.8. The van der Waals surface area contributed by atoms with E-state index in [4.69, 9.17) is 26.0 Å². The second kappa shape index (κ2) is 13.9. The maximum atomic E-state index is 12.4. The van der Waals surface area contributed by atoms with Crippen molar-refractivity contribution < 1.29 is 61.1 Å². The molecule has 0 N–H and O–H groups in total. The summed E-state index contributed by atoms with van der Waals surface area (Å²) in [7, 11) is 0. The van der Waals surface area contributed by atoms with E-state index in [1.54, 1.807) is 0 Å². The number of nitrogens with zero attached hydrogens (tertiary/aromatic N) is 2. The largest absolute Gasteiger partial charge is 0.417 e. The van der Waals surface area contributed by atoms with Crippen molar-refractivity contribution in [2.45, 2.75) is 12.4 Å². The fourth-order valence-corrected chi connectivity index (χ4v) is 1.75. The van der Waals surface area contributed by atoms with Gasteiger partial charge in [0.25, 0.3) is 0 Å². The summed E-state index contributed by atoms with van der Waals surface area (Å²) in [5.74, 6) is 0. The van der Waals surface area contributed by atoms with E-state index in [1.165, 1.54) is 0 Å². The molecule has 0 spiro atoms. The summed E-state index contributed by atoms with van der Waals surface area (Å²) in [6.07, 6.45) is -8.06. The summed E-state index contributed by atoms with van der Waals surface area (Å²) in [5, 5.41) is -0.350. The van der Waals surface area contributed by atoms with E-state index in [0.717, 1.165) is 12.1 Å². The van der Waals surface area contributed by atoms with Crippen molar-refractivity contribution in [2.24, 2.45) is 0 Å². The third-order valence-corrected chi connectivity index (χ3v) is 2.79. The first kappa shape index (κ1) is 30.6. The molecule has 0 aliphatic rings. The van der Waals surface area contributed by atoms with Gasteiger partial charge in [-0.05, 0) is 18.2 Å². The van der Waals surface area contributed by atoms with Crippen LogP contribution >= 0.6 is 11.6 Å². The van der Waals surface area contributed by atoms with Crippen molar-refractivity contribution in [3.8, 4) is 11.4 Å². The zero-order valence-corrected chi connectivity index (χ0v) is 17.1. The van der Waals surface area contributed by atoms with E-state index in [1.807, 2.05) is 20.4 Å². The first-order valence-corrected chi connectivity index (χ1v) is 6.60. The van der Waals surface area contributed by atoms with Crippen LogP contribution in [0.15, 0.2) is 30.6 Å². The van der Waals surface area contributed by atoms with Crippen molar-refractivity contribution in [1.82, 2.24) is 9.97 Å². The normalized spacial score (nSPS) is 9.82. The average Bonchev–Trinajstić information content (AvgIpc) is 2.65. The SMILES string of the molecule is C=O.C=O.C=O.FC(F)(F)c1ccc(-c2ncc(C(F)(F)F)cc2Cl)nc1.[Re]. The van der Waals surface area contributed by atoms with Gasteiger partial charge in [-0.15, -0.1) is 0 Å². The van der Waals surface area contributed by atoms with E-state index in [-0.39, 0.29) is 36.8 Å². The van der Waals surface area contributed by atoms with Crippen LogP contribution in [-0.4, -0.2) is 30.3 Å². The van der Waals surface area contributed by atoms with Gasteiger partial charge in [-0.3, -0.25) is 9.97 Å². The molecule has 0 atom stereocenters. The minimum atomic E-state index is -4.61. The van der Waals surface area contributed by atoms with Gasteiger partial charge in [0.05, 0.1) is 21.8 Å². The van der Waals surface area contributed by atoms with E-state index in [9.17, 15) is 26.3 Å². The Kier molecular flexibility index (Phi) is 15.2. The van der Waals surface area contributed by atoms with E-state index in [2.05, 4.69) is 9.97 Å². The molecule has 0 aliphatic carbocycles. The van der Waals surface area contributed by atoms with Crippen LogP contribution in [0.5, 0.6) is 0 Å². The minimum absolute atomic E-state index is 0. The Bertz CT molecular complexity index is 710. The van der Waals surface area contributed by atoms with Crippen molar-refractivity contribution in [1.29, 1.82) is 0 Å². The van der Waals surface area contributed by atoms with E-state index < -0.39 is 23.5 Å². The molecular formula is C15H11ClF6N2O3Re. The molecule has 0 unspecified atom stereocenters. The molecule has 0 amide bonds. The molecule has 0 aromatic carbocycles. The number of halogens is 7. The molecule has 0 saturated heterocycles. The smallest absolute Gasteiger partial charge is 0.307 e. The maximum Gasteiger partial charge on any atom is 0.417 e. The van der Waals surface area contributed by atoms with Gasteiger partial charge in [0, 0.05) is 32.8 Å². The Balaban J connectivity index is -0.000000815. The number of alkyl halides is 6. The van der Waals surface area contributed by atoms with Crippen molar-refractivity contribution in [2.75, 3.05) is 0 Å². The summed E-state index contributed by atoms with van der Waals surface area (Å²) >= 11 is 5.67. The Morgan fingerprint density at radius 1 is 0.750 bits per heavy atom. The number of rotatable bonds is 1. The maximum absolute atomic E-state index is 12.4. The third kappa shape index (κ3) is 9.17. The van der Waals surface area contributed by atoms with Gasteiger partial charge in [-0.1, -0.05) is 11.6 Å². The Hall–Kier alpha value is -2.16. The summed E-state index contributed by atoms with van der Waals surface area (Å²) in [6.45, 7) is 6.00.